The molecule has 30 heavy (non-hydrogen) atoms. The van der Waals surface area contributed by atoms with Gasteiger partial charge in [-0.25, -0.2) is 0 Å². The minimum absolute atomic E-state index is 0.0771. The third-order valence-electron chi connectivity index (χ3n) is 5.32. The fourth-order valence-corrected chi connectivity index (χ4v) is 3.74. The average Bonchev–Trinajstić information content (AvgIpc) is 3.25. The molecule has 6 nitrogen and oxygen atoms in total. The Morgan fingerprint density at radius 2 is 2.00 bits per heavy atom. The molecule has 1 aromatic heterocycles. The van der Waals surface area contributed by atoms with E-state index in [9.17, 15) is 9.59 Å². The van der Waals surface area contributed by atoms with Crippen molar-refractivity contribution in [2.24, 2.45) is 5.92 Å². The second kappa shape index (κ2) is 11.4. The first-order valence-electron chi connectivity index (χ1n) is 10.7. The average molecular weight is 410 g/mol. The third-order valence-corrected chi connectivity index (χ3v) is 5.32. The van der Waals surface area contributed by atoms with E-state index in [1.54, 1.807) is 24.5 Å². The van der Waals surface area contributed by atoms with Crippen LogP contribution >= 0.6 is 0 Å². The summed E-state index contributed by atoms with van der Waals surface area (Å²) >= 11 is 0. The van der Waals surface area contributed by atoms with E-state index in [4.69, 9.17) is 4.42 Å². The topological polar surface area (TPSA) is 74.6 Å². The van der Waals surface area contributed by atoms with E-state index in [1.807, 2.05) is 6.07 Å². The molecule has 1 unspecified atom stereocenters. The number of carbonyl (C=O) groups is 2. The van der Waals surface area contributed by atoms with Gasteiger partial charge in [-0.3, -0.25) is 14.5 Å². The van der Waals surface area contributed by atoms with E-state index in [2.05, 4.69) is 40.7 Å². The fourth-order valence-electron chi connectivity index (χ4n) is 3.74. The van der Waals surface area contributed by atoms with Crippen molar-refractivity contribution in [2.45, 2.75) is 39.3 Å². The number of furan rings is 1. The number of hydrogen-bond acceptors (Lipinski definition) is 4. The van der Waals surface area contributed by atoms with Gasteiger partial charge in [-0.1, -0.05) is 31.2 Å². The zero-order valence-corrected chi connectivity index (χ0v) is 17.6. The van der Waals surface area contributed by atoms with Crippen molar-refractivity contribution in [3.8, 4) is 0 Å². The van der Waals surface area contributed by atoms with Crippen LogP contribution in [0.2, 0.25) is 0 Å². The largest absolute Gasteiger partial charge is 0.465 e. The number of likely N-dealkylation sites (tertiary alicyclic amines) is 1. The van der Waals surface area contributed by atoms with Gasteiger partial charge in [0.1, 0.15) is 5.76 Å². The Labute approximate surface area is 178 Å². The number of hydrogen-bond donors (Lipinski definition) is 2. The lowest BCUT2D eigenvalue weighted by Gasteiger charge is -2.31. The maximum absolute atomic E-state index is 12.2. The molecule has 2 N–H and O–H groups in total. The first-order valence-corrected chi connectivity index (χ1v) is 10.7. The van der Waals surface area contributed by atoms with E-state index in [-0.39, 0.29) is 18.2 Å². The first-order chi connectivity index (χ1) is 14.6. The molecule has 1 fully saturated rings. The Morgan fingerprint density at radius 3 is 2.77 bits per heavy atom. The van der Waals surface area contributed by atoms with Crippen LogP contribution in [0.5, 0.6) is 0 Å². The number of nitrogens with one attached hydrogen (secondary N) is 2. The normalized spacial score (nSPS) is 17.2. The predicted molar refractivity (Wildman–Crippen MR) is 117 cm³/mol. The lowest BCUT2D eigenvalue weighted by Crippen LogP contribution is -2.34. The number of rotatable bonds is 9. The second-order valence-corrected chi connectivity index (χ2v) is 7.92. The molecule has 0 aliphatic carbocycles. The van der Waals surface area contributed by atoms with E-state index < -0.39 is 0 Å². The molecule has 3 rings (SSSR count). The summed E-state index contributed by atoms with van der Waals surface area (Å²) in [6.07, 6.45) is 7.34. The van der Waals surface area contributed by atoms with Crippen molar-refractivity contribution in [1.29, 1.82) is 0 Å². The molecule has 2 amide bonds. The fraction of sp³-hybridized carbons (Fsp3) is 0.417. The quantitative estimate of drug-likeness (QED) is 0.623. The Morgan fingerprint density at radius 1 is 1.17 bits per heavy atom. The zero-order chi connectivity index (χ0) is 21.2. The number of benzene rings is 1. The van der Waals surface area contributed by atoms with Crippen LogP contribution in [0.1, 0.15) is 43.1 Å². The van der Waals surface area contributed by atoms with Gasteiger partial charge in [0, 0.05) is 38.7 Å². The highest BCUT2D eigenvalue weighted by molar-refractivity contribution is 5.91. The van der Waals surface area contributed by atoms with Crippen molar-refractivity contribution in [3.05, 3.63) is 65.6 Å². The van der Waals surface area contributed by atoms with Crippen LogP contribution < -0.4 is 10.6 Å². The number of piperidine rings is 1. The van der Waals surface area contributed by atoms with Crippen molar-refractivity contribution in [3.63, 3.8) is 0 Å². The van der Waals surface area contributed by atoms with Gasteiger partial charge >= 0.3 is 0 Å². The first kappa shape index (κ1) is 21.8. The molecule has 1 aromatic carbocycles. The van der Waals surface area contributed by atoms with Crippen LogP contribution in [-0.4, -0.2) is 36.3 Å². The molecule has 0 bridgehead atoms. The number of amides is 2. The maximum Gasteiger partial charge on any atom is 0.244 e. The molecule has 1 aliphatic rings. The lowest BCUT2D eigenvalue weighted by molar-refractivity contribution is -0.121. The van der Waals surface area contributed by atoms with Gasteiger partial charge in [0.2, 0.25) is 11.8 Å². The summed E-state index contributed by atoms with van der Waals surface area (Å²) in [6, 6.07) is 11.8. The van der Waals surface area contributed by atoms with E-state index in [0.29, 0.717) is 18.8 Å². The molecule has 1 aliphatic heterocycles. The van der Waals surface area contributed by atoms with Gasteiger partial charge < -0.3 is 15.1 Å². The molecule has 1 saturated heterocycles. The maximum atomic E-state index is 12.2. The lowest BCUT2D eigenvalue weighted by atomic mass is 9.99. The van der Waals surface area contributed by atoms with Gasteiger partial charge in [0.15, 0.2) is 0 Å². The monoisotopic (exact) mass is 409 g/mol. The molecule has 0 radical (unpaired) electrons. The summed E-state index contributed by atoms with van der Waals surface area (Å²) in [5.74, 6) is 1.03. The van der Waals surface area contributed by atoms with E-state index in [0.717, 1.165) is 31.1 Å². The van der Waals surface area contributed by atoms with Crippen LogP contribution in [0.25, 0.3) is 6.08 Å². The van der Waals surface area contributed by atoms with Gasteiger partial charge in [-0.2, -0.15) is 0 Å². The molecule has 1 atom stereocenters. The summed E-state index contributed by atoms with van der Waals surface area (Å²) in [5.41, 5.74) is 2.41. The molecular formula is C24H31N3O3. The van der Waals surface area contributed by atoms with Crippen molar-refractivity contribution >= 4 is 17.9 Å². The van der Waals surface area contributed by atoms with Gasteiger partial charge in [-0.05, 0) is 54.6 Å². The number of carbonyl (C=O) groups excluding carboxylic acids is 2. The Bertz CT molecular complexity index is 845. The van der Waals surface area contributed by atoms with Gasteiger partial charge in [-0.15, -0.1) is 0 Å². The van der Waals surface area contributed by atoms with Crippen LogP contribution in [0, 0.1) is 5.92 Å². The van der Waals surface area contributed by atoms with E-state index >= 15 is 0 Å². The predicted octanol–water partition coefficient (Wildman–Crippen LogP) is 3.35. The highest BCUT2D eigenvalue weighted by Crippen LogP contribution is 2.19. The van der Waals surface area contributed by atoms with Gasteiger partial charge in [0.25, 0.3) is 0 Å². The molecule has 6 heteroatoms. The van der Waals surface area contributed by atoms with Crippen LogP contribution in [-0.2, 0) is 22.7 Å². The standard InChI is InChI=1S/C24H31N3O3/c1-19-6-4-14-27(17-19)18-21-8-3-2-7-20(21)16-26-24(29)12-13-25-23(28)11-10-22-9-5-15-30-22/h2-3,5,7-11,15,19H,4,6,12-14,16-18H2,1H3,(H,25,28)(H,26,29)/b11-10+. The molecule has 2 aromatic rings. The Hall–Kier alpha value is -2.86. The zero-order valence-electron chi connectivity index (χ0n) is 17.6. The molecule has 160 valence electrons. The summed E-state index contributed by atoms with van der Waals surface area (Å²) in [6.45, 7) is 6.30. The molecule has 0 spiro atoms. The summed E-state index contributed by atoms with van der Waals surface area (Å²) < 4.78 is 5.13. The smallest absolute Gasteiger partial charge is 0.244 e. The van der Waals surface area contributed by atoms with Crippen LogP contribution in [0.15, 0.2) is 53.2 Å². The van der Waals surface area contributed by atoms with Crippen LogP contribution in [0.3, 0.4) is 0 Å². The Balaban J connectivity index is 1.39. The minimum Gasteiger partial charge on any atom is -0.465 e. The SMILES string of the molecule is CC1CCCN(Cc2ccccc2CNC(=O)CCNC(=O)/C=C/c2ccco2)C1. The van der Waals surface area contributed by atoms with Crippen molar-refractivity contribution in [1.82, 2.24) is 15.5 Å². The summed E-state index contributed by atoms with van der Waals surface area (Å²) in [7, 11) is 0. The number of nitrogens with zero attached hydrogens (tertiary/aromatic N) is 1. The van der Waals surface area contributed by atoms with Crippen molar-refractivity contribution in [2.75, 3.05) is 19.6 Å². The minimum atomic E-state index is -0.250. The highest BCUT2D eigenvalue weighted by atomic mass is 16.3. The second-order valence-electron chi connectivity index (χ2n) is 7.92. The molecule has 2 heterocycles. The highest BCUT2D eigenvalue weighted by Gasteiger charge is 2.17. The molecular weight excluding hydrogens is 378 g/mol. The Kier molecular flexibility index (Phi) is 8.27. The molecule has 0 saturated carbocycles. The van der Waals surface area contributed by atoms with Crippen LogP contribution in [0.4, 0.5) is 0 Å². The van der Waals surface area contributed by atoms with Crippen molar-refractivity contribution < 1.29 is 14.0 Å². The van der Waals surface area contributed by atoms with Gasteiger partial charge in [0.05, 0.1) is 6.26 Å². The van der Waals surface area contributed by atoms with E-state index in [1.165, 1.54) is 24.5 Å². The summed E-state index contributed by atoms with van der Waals surface area (Å²) in [4.78, 5) is 26.5. The third kappa shape index (κ3) is 7.19. The summed E-state index contributed by atoms with van der Waals surface area (Å²) in [5, 5.41) is 5.68.